The Morgan fingerprint density at radius 3 is 2.32 bits per heavy atom. The first kappa shape index (κ1) is 16.8. The molecule has 0 aromatic heterocycles. The zero-order valence-corrected chi connectivity index (χ0v) is 14.4. The minimum absolute atomic E-state index is 0.218. The molecule has 0 amide bonds. The van der Waals surface area contributed by atoms with Gasteiger partial charge < -0.3 is 0 Å². The van der Waals surface area contributed by atoms with Crippen molar-refractivity contribution in [3.8, 4) is 0 Å². The van der Waals surface area contributed by atoms with E-state index in [0.29, 0.717) is 0 Å². The first-order chi connectivity index (χ1) is 10.6. The van der Waals surface area contributed by atoms with Gasteiger partial charge in [-0.3, -0.25) is 0 Å². The maximum atomic E-state index is 13.1. The summed E-state index contributed by atoms with van der Waals surface area (Å²) in [5.41, 5.74) is 5.74. The molecule has 2 rings (SSSR count). The van der Waals surface area contributed by atoms with Crippen LogP contribution >= 0.6 is 11.8 Å². The minimum atomic E-state index is -0.218. The third-order valence-electron chi connectivity index (χ3n) is 3.71. The Balaban J connectivity index is 2.53. The Hall–Kier alpha value is -1.61. The second-order valence-corrected chi connectivity index (χ2v) is 6.48. The highest BCUT2D eigenvalue weighted by Gasteiger charge is 2.09. The van der Waals surface area contributed by atoms with Crippen molar-refractivity contribution in [2.45, 2.75) is 34.1 Å². The van der Waals surface area contributed by atoms with Gasteiger partial charge in [-0.05, 0) is 67.0 Å². The lowest BCUT2D eigenvalue weighted by Crippen LogP contribution is -1.98. The molecule has 2 aromatic rings. The Labute approximate surface area is 136 Å². The third kappa shape index (κ3) is 3.77. The van der Waals surface area contributed by atoms with E-state index in [1.807, 2.05) is 0 Å². The number of nitrogens with zero attached hydrogens (tertiary/aromatic N) is 1. The summed E-state index contributed by atoms with van der Waals surface area (Å²) < 4.78 is 13.1. The molecule has 3 heteroatoms. The fourth-order valence-electron chi connectivity index (χ4n) is 2.44. The van der Waals surface area contributed by atoms with Gasteiger partial charge in [0, 0.05) is 5.56 Å². The van der Waals surface area contributed by atoms with E-state index in [0.717, 1.165) is 28.5 Å². The van der Waals surface area contributed by atoms with Gasteiger partial charge in [-0.1, -0.05) is 26.0 Å². The average molecular weight is 315 g/mol. The summed E-state index contributed by atoms with van der Waals surface area (Å²) in [6, 6.07) is 10.9. The average Bonchev–Trinajstić information content (AvgIpc) is 2.51. The van der Waals surface area contributed by atoms with Gasteiger partial charge in [0.1, 0.15) is 10.9 Å². The summed E-state index contributed by atoms with van der Waals surface area (Å²) in [5, 5.41) is 0.946. The molecule has 0 fully saturated rings. The molecule has 22 heavy (non-hydrogen) atoms. The number of aryl methyl sites for hydroxylation is 2. The molecule has 0 saturated heterocycles. The number of thioether (sulfide) groups is 1. The summed E-state index contributed by atoms with van der Waals surface area (Å²) in [6.07, 6.45) is 1.00. The van der Waals surface area contributed by atoms with Gasteiger partial charge in [0.15, 0.2) is 0 Å². The monoisotopic (exact) mass is 315 g/mol. The highest BCUT2D eigenvalue weighted by Crippen LogP contribution is 2.29. The maximum Gasteiger partial charge on any atom is 0.123 e. The van der Waals surface area contributed by atoms with Crippen molar-refractivity contribution in [3.63, 3.8) is 0 Å². The highest BCUT2D eigenvalue weighted by atomic mass is 32.2. The van der Waals surface area contributed by atoms with Gasteiger partial charge in [0.2, 0.25) is 0 Å². The van der Waals surface area contributed by atoms with E-state index in [4.69, 9.17) is 4.99 Å². The first-order valence-electron chi connectivity index (χ1n) is 7.63. The van der Waals surface area contributed by atoms with Crippen molar-refractivity contribution < 1.29 is 4.39 Å². The van der Waals surface area contributed by atoms with Gasteiger partial charge in [-0.25, -0.2) is 9.38 Å². The second-order valence-electron chi connectivity index (χ2n) is 5.23. The predicted molar refractivity (Wildman–Crippen MR) is 96.0 cm³/mol. The van der Waals surface area contributed by atoms with Crippen molar-refractivity contribution in [3.05, 3.63) is 64.5 Å². The summed E-state index contributed by atoms with van der Waals surface area (Å²) in [6.45, 7) is 8.48. The fourth-order valence-corrected chi connectivity index (χ4v) is 3.18. The topological polar surface area (TPSA) is 12.4 Å². The number of hydrogen-bond donors (Lipinski definition) is 0. The van der Waals surface area contributed by atoms with E-state index in [9.17, 15) is 4.39 Å². The van der Waals surface area contributed by atoms with Crippen molar-refractivity contribution in [1.29, 1.82) is 0 Å². The molecule has 0 N–H and O–H groups in total. The fraction of sp³-hybridized carbons (Fsp3) is 0.316. The molecule has 0 aliphatic carbocycles. The zero-order chi connectivity index (χ0) is 16.1. The number of hydrogen-bond acceptors (Lipinski definition) is 2. The van der Waals surface area contributed by atoms with Crippen molar-refractivity contribution in [1.82, 2.24) is 0 Å². The van der Waals surface area contributed by atoms with Gasteiger partial charge in [0.25, 0.3) is 0 Å². The van der Waals surface area contributed by atoms with Crippen LogP contribution in [0.4, 0.5) is 10.1 Å². The van der Waals surface area contributed by atoms with Crippen LogP contribution in [0.2, 0.25) is 0 Å². The molecule has 0 atom stereocenters. The lowest BCUT2D eigenvalue weighted by atomic mass is 10.0. The van der Waals surface area contributed by atoms with E-state index in [-0.39, 0.29) is 5.82 Å². The standard InChI is InChI=1S/C19H22FNS/c1-5-15-8-7-13(3)18(14(15)4)21-19(22-6-2)16-9-11-17(20)12-10-16/h7-12H,5-6H2,1-4H3. The van der Waals surface area contributed by atoms with Crippen LogP contribution in [0.5, 0.6) is 0 Å². The van der Waals surface area contributed by atoms with Crippen LogP contribution in [0.15, 0.2) is 41.4 Å². The lowest BCUT2D eigenvalue weighted by molar-refractivity contribution is 0.628. The van der Waals surface area contributed by atoms with Crippen LogP contribution in [-0.2, 0) is 6.42 Å². The SMILES string of the molecule is CCSC(=Nc1c(C)ccc(CC)c1C)c1ccc(F)cc1. The van der Waals surface area contributed by atoms with E-state index < -0.39 is 0 Å². The molecule has 0 bridgehead atoms. The predicted octanol–water partition coefficient (Wildman–Crippen LogP) is 5.84. The van der Waals surface area contributed by atoms with E-state index >= 15 is 0 Å². The van der Waals surface area contributed by atoms with Crippen molar-refractivity contribution in [2.75, 3.05) is 5.75 Å². The van der Waals surface area contributed by atoms with Crippen LogP contribution in [0, 0.1) is 19.7 Å². The lowest BCUT2D eigenvalue weighted by Gasteiger charge is -2.12. The third-order valence-corrected chi connectivity index (χ3v) is 4.60. The van der Waals surface area contributed by atoms with Crippen LogP contribution in [-0.4, -0.2) is 10.8 Å². The normalized spacial score (nSPS) is 11.8. The smallest absolute Gasteiger partial charge is 0.123 e. The Bertz CT molecular complexity index is 675. The first-order valence-corrected chi connectivity index (χ1v) is 8.61. The van der Waals surface area contributed by atoms with Crippen LogP contribution in [0.25, 0.3) is 0 Å². The van der Waals surface area contributed by atoms with Crippen molar-refractivity contribution in [2.24, 2.45) is 4.99 Å². The number of rotatable bonds is 4. The number of benzene rings is 2. The van der Waals surface area contributed by atoms with Crippen LogP contribution in [0.3, 0.4) is 0 Å². The summed E-state index contributed by atoms with van der Waals surface area (Å²) in [5.74, 6) is 0.715. The highest BCUT2D eigenvalue weighted by molar-refractivity contribution is 8.14. The minimum Gasteiger partial charge on any atom is -0.241 e. The molecule has 1 nitrogen and oxygen atoms in total. The molecule has 2 aromatic carbocycles. The van der Waals surface area contributed by atoms with Gasteiger partial charge >= 0.3 is 0 Å². The van der Waals surface area contributed by atoms with Crippen LogP contribution in [0.1, 0.15) is 36.1 Å². The molecule has 0 unspecified atom stereocenters. The molecule has 0 aliphatic rings. The molecule has 116 valence electrons. The summed E-state index contributed by atoms with van der Waals surface area (Å²) in [7, 11) is 0. The van der Waals surface area contributed by atoms with Gasteiger partial charge in [0.05, 0.1) is 5.69 Å². The van der Waals surface area contributed by atoms with E-state index in [1.165, 1.54) is 28.8 Å². The quantitative estimate of drug-likeness (QED) is 0.510. The molecule has 0 aliphatic heterocycles. The van der Waals surface area contributed by atoms with Gasteiger partial charge in [-0.15, -0.1) is 11.8 Å². The molecular weight excluding hydrogens is 293 g/mol. The summed E-state index contributed by atoms with van der Waals surface area (Å²) >= 11 is 1.69. The number of halogens is 1. The second kappa shape index (κ2) is 7.59. The molecule has 0 radical (unpaired) electrons. The van der Waals surface area contributed by atoms with Crippen molar-refractivity contribution >= 4 is 22.5 Å². The number of aliphatic imine (C=N–C) groups is 1. The molecule has 0 saturated carbocycles. The molecule has 0 spiro atoms. The Morgan fingerprint density at radius 1 is 1.05 bits per heavy atom. The maximum absolute atomic E-state index is 13.1. The Kier molecular flexibility index (Phi) is 5.78. The Morgan fingerprint density at radius 2 is 1.73 bits per heavy atom. The largest absolute Gasteiger partial charge is 0.241 e. The van der Waals surface area contributed by atoms with Gasteiger partial charge in [-0.2, -0.15) is 0 Å². The zero-order valence-electron chi connectivity index (χ0n) is 13.6. The van der Waals surface area contributed by atoms with E-state index in [1.54, 1.807) is 23.9 Å². The summed E-state index contributed by atoms with van der Waals surface area (Å²) in [4.78, 5) is 4.91. The van der Waals surface area contributed by atoms with Crippen LogP contribution < -0.4 is 0 Å². The molecular formula is C19H22FNS. The van der Waals surface area contributed by atoms with E-state index in [2.05, 4.69) is 39.8 Å². The molecule has 0 heterocycles.